The summed E-state index contributed by atoms with van der Waals surface area (Å²) in [6, 6.07) is 3.62. The first-order valence-electron chi connectivity index (χ1n) is 5.27. The molecule has 1 aromatic carbocycles. The van der Waals surface area contributed by atoms with Crippen molar-refractivity contribution in [1.82, 2.24) is 5.32 Å². The molecular weight excluding hydrogens is 210 g/mol. The first-order chi connectivity index (χ1) is 7.03. The lowest BCUT2D eigenvalue weighted by Crippen LogP contribution is -2.33. The molecule has 1 aliphatic heterocycles. The zero-order chi connectivity index (χ0) is 11.1. The van der Waals surface area contributed by atoms with Crippen molar-refractivity contribution in [3.05, 3.63) is 28.3 Å². The second-order valence-electron chi connectivity index (χ2n) is 4.48. The minimum Gasteiger partial charge on any atom is -0.506 e. The maximum atomic E-state index is 9.50. The fourth-order valence-corrected chi connectivity index (χ4v) is 2.55. The molecule has 1 saturated heterocycles. The zero-order valence-corrected chi connectivity index (χ0v) is 9.86. The summed E-state index contributed by atoms with van der Waals surface area (Å²) in [5.74, 6) is 0.166. The van der Waals surface area contributed by atoms with E-state index in [-0.39, 0.29) is 11.3 Å². The van der Waals surface area contributed by atoms with E-state index >= 15 is 0 Å². The summed E-state index contributed by atoms with van der Waals surface area (Å²) in [6.07, 6.45) is 2.31. The molecular formula is C12H16ClNO. The molecule has 82 valence electrons. The third-order valence-corrected chi connectivity index (χ3v) is 3.56. The molecule has 0 aromatic heterocycles. The van der Waals surface area contributed by atoms with Gasteiger partial charge in [-0.3, -0.25) is 0 Å². The van der Waals surface area contributed by atoms with Crippen molar-refractivity contribution in [1.29, 1.82) is 0 Å². The topological polar surface area (TPSA) is 32.3 Å². The molecule has 0 aliphatic carbocycles. The van der Waals surface area contributed by atoms with Crippen molar-refractivity contribution >= 4 is 11.6 Å². The summed E-state index contributed by atoms with van der Waals surface area (Å²) in [6.45, 7) is 5.25. The summed E-state index contributed by atoms with van der Waals surface area (Å²) in [7, 11) is 0. The van der Waals surface area contributed by atoms with Crippen LogP contribution in [0.1, 0.15) is 30.9 Å². The average molecular weight is 226 g/mol. The van der Waals surface area contributed by atoms with E-state index in [0.717, 1.165) is 18.5 Å². The van der Waals surface area contributed by atoms with Gasteiger partial charge in [-0.25, -0.2) is 0 Å². The lowest BCUT2D eigenvalue weighted by molar-refractivity contribution is 0.429. The van der Waals surface area contributed by atoms with Gasteiger partial charge in [0.05, 0.1) is 5.02 Å². The van der Waals surface area contributed by atoms with Crippen LogP contribution in [0.15, 0.2) is 12.1 Å². The van der Waals surface area contributed by atoms with Gasteiger partial charge in [-0.05, 0) is 56.5 Å². The molecule has 2 N–H and O–H groups in total. The monoisotopic (exact) mass is 225 g/mol. The van der Waals surface area contributed by atoms with Crippen molar-refractivity contribution in [3.63, 3.8) is 0 Å². The Hall–Kier alpha value is -0.730. The van der Waals surface area contributed by atoms with Crippen LogP contribution in [0.4, 0.5) is 0 Å². The number of aromatic hydroxyl groups is 1. The zero-order valence-electron chi connectivity index (χ0n) is 9.10. The van der Waals surface area contributed by atoms with Gasteiger partial charge in [0, 0.05) is 5.54 Å². The van der Waals surface area contributed by atoms with E-state index in [1.165, 1.54) is 12.0 Å². The van der Waals surface area contributed by atoms with Gasteiger partial charge in [-0.1, -0.05) is 11.6 Å². The molecule has 1 aromatic rings. The Labute approximate surface area is 95.3 Å². The molecule has 1 fully saturated rings. The van der Waals surface area contributed by atoms with Crippen LogP contribution in [0, 0.1) is 6.92 Å². The standard InChI is InChI=1S/C12H16ClNO/c1-8-6-11(15)10(13)7-9(8)12(2)4-3-5-14-12/h6-7,14-15H,3-5H2,1-2H3. The quantitative estimate of drug-likeness (QED) is 0.770. The number of phenolic OH excluding ortho intramolecular Hbond substituents is 1. The Kier molecular flexibility index (Phi) is 2.65. The predicted octanol–water partition coefficient (Wildman–Crippen LogP) is 2.95. The minimum absolute atomic E-state index is 0.0153. The van der Waals surface area contributed by atoms with Crippen LogP contribution in [-0.2, 0) is 5.54 Å². The molecule has 0 saturated carbocycles. The molecule has 2 nitrogen and oxygen atoms in total. The molecule has 2 rings (SSSR count). The van der Waals surface area contributed by atoms with Crippen LogP contribution in [0.2, 0.25) is 5.02 Å². The predicted molar refractivity (Wildman–Crippen MR) is 62.4 cm³/mol. The summed E-state index contributed by atoms with van der Waals surface area (Å²) in [5, 5.41) is 13.4. The highest BCUT2D eigenvalue weighted by molar-refractivity contribution is 6.32. The van der Waals surface area contributed by atoms with Crippen molar-refractivity contribution in [2.45, 2.75) is 32.2 Å². The second kappa shape index (κ2) is 3.69. The largest absolute Gasteiger partial charge is 0.506 e. The van der Waals surface area contributed by atoms with E-state index in [1.807, 2.05) is 13.0 Å². The van der Waals surface area contributed by atoms with Gasteiger partial charge in [0.1, 0.15) is 5.75 Å². The summed E-state index contributed by atoms with van der Waals surface area (Å²) >= 11 is 5.95. The van der Waals surface area contributed by atoms with Crippen LogP contribution < -0.4 is 5.32 Å². The Bertz CT molecular complexity index is 383. The van der Waals surface area contributed by atoms with Gasteiger partial charge in [-0.2, -0.15) is 0 Å². The highest BCUT2D eigenvalue weighted by Crippen LogP contribution is 2.36. The highest BCUT2D eigenvalue weighted by Gasteiger charge is 2.31. The number of halogens is 1. The average Bonchev–Trinajstić information content (AvgIpc) is 2.60. The smallest absolute Gasteiger partial charge is 0.134 e. The number of nitrogens with one attached hydrogen (secondary N) is 1. The summed E-state index contributed by atoms with van der Waals surface area (Å²) < 4.78 is 0. The maximum Gasteiger partial charge on any atom is 0.134 e. The number of hydrogen-bond donors (Lipinski definition) is 2. The van der Waals surface area contributed by atoms with Crippen LogP contribution in [0.5, 0.6) is 5.75 Å². The number of rotatable bonds is 1. The Morgan fingerprint density at radius 2 is 2.20 bits per heavy atom. The van der Waals surface area contributed by atoms with Crippen molar-refractivity contribution < 1.29 is 5.11 Å². The van der Waals surface area contributed by atoms with E-state index in [0.29, 0.717) is 5.02 Å². The minimum atomic E-state index is 0.0153. The number of hydrogen-bond acceptors (Lipinski definition) is 2. The molecule has 3 heteroatoms. The van der Waals surface area contributed by atoms with E-state index in [2.05, 4.69) is 12.2 Å². The lowest BCUT2D eigenvalue weighted by atomic mass is 9.87. The molecule has 0 amide bonds. The number of aryl methyl sites for hydroxylation is 1. The molecule has 1 unspecified atom stereocenters. The Morgan fingerprint density at radius 1 is 1.47 bits per heavy atom. The molecule has 1 heterocycles. The van der Waals surface area contributed by atoms with Gasteiger partial charge >= 0.3 is 0 Å². The van der Waals surface area contributed by atoms with Crippen LogP contribution in [0.25, 0.3) is 0 Å². The van der Waals surface area contributed by atoms with Crippen LogP contribution in [0.3, 0.4) is 0 Å². The Morgan fingerprint density at radius 3 is 2.80 bits per heavy atom. The second-order valence-corrected chi connectivity index (χ2v) is 4.89. The van der Waals surface area contributed by atoms with Gasteiger partial charge in [0.25, 0.3) is 0 Å². The highest BCUT2D eigenvalue weighted by atomic mass is 35.5. The van der Waals surface area contributed by atoms with Crippen LogP contribution >= 0.6 is 11.6 Å². The Balaban J connectivity index is 2.48. The SMILES string of the molecule is Cc1cc(O)c(Cl)cc1C1(C)CCCN1. The molecule has 0 spiro atoms. The van der Waals surface area contributed by atoms with Gasteiger partial charge in [0.15, 0.2) is 0 Å². The molecule has 1 aliphatic rings. The van der Waals surface area contributed by atoms with E-state index in [1.54, 1.807) is 6.07 Å². The van der Waals surface area contributed by atoms with Crippen molar-refractivity contribution in [3.8, 4) is 5.75 Å². The van der Waals surface area contributed by atoms with Crippen molar-refractivity contribution in [2.24, 2.45) is 0 Å². The van der Waals surface area contributed by atoms with Crippen molar-refractivity contribution in [2.75, 3.05) is 6.54 Å². The normalized spacial score (nSPS) is 25.8. The van der Waals surface area contributed by atoms with E-state index in [9.17, 15) is 5.11 Å². The fraction of sp³-hybridized carbons (Fsp3) is 0.500. The molecule has 0 radical (unpaired) electrons. The van der Waals surface area contributed by atoms with E-state index < -0.39 is 0 Å². The first-order valence-corrected chi connectivity index (χ1v) is 5.65. The fourth-order valence-electron chi connectivity index (χ4n) is 2.39. The summed E-state index contributed by atoms with van der Waals surface area (Å²) in [4.78, 5) is 0. The number of phenols is 1. The first kappa shape index (κ1) is 10.8. The molecule has 15 heavy (non-hydrogen) atoms. The van der Waals surface area contributed by atoms with Gasteiger partial charge in [-0.15, -0.1) is 0 Å². The van der Waals surface area contributed by atoms with Gasteiger partial charge < -0.3 is 10.4 Å². The third kappa shape index (κ3) is 1.84. The molecule has 0 bridgehead atoms. The maximum absolute atomic E-state index is 9.50. The lowest BCUT2D eigenvalue weighted by Gasteiger charge is -2.27. The van der Waals surface area contributed by atoms with E-state index in [4.69, 9.17) is 11.6 Å². The van der Waals surface area contributed by atoms with Crippen LogP contribution in [-0.4, -0.2) is 11.7 Å². The third-order valence-electron chi connectivity index (χ3n) is 3.26. The van der Waals surface area contributed by atoms with Gasteiger partial charge in [0.2, 0.25) is 0 Å². The molecule has 1 atom stereocenters. The number of benzene rings is 1. The summed E-state index contributed by atoms with van der Waals surface area (Å²) in [5.41, 5.74) is 2.30.